The molecule has 1 atom stereocenters. The summed E-state index contributed by atoms with van der Waals surface area (Å²) >= 11 is 0. The first-order valence-electron chi connectivity index (χ1n) is 4.20. The van der Waals surface area contributed by atoms with Gasteiger partial charge in [-0.2, -0.15) is 0 Å². The van der Waals surface area contributed by atoms with Crippen LogP contribution in [0.4, 0.5) is 0 Å². The van der Waals surface area contributed by atoms with Crippen molar-refractivity contribution in [2.75, 3.05) is 0 Å². The van der Waals surface area contributed by atoms with Crippen LogP contribution >= 0.6 is 0 Å². The van der Waals surface area contributed by atoms with E-state index in [-0.39, 0.29) is 17.7 Å². The predicted molar refractivity (Wildman–Crippen MR) is 46.7 cm³/mol. The first kappa shape index (κ1) is 8.04. The van der Waals surface area contributed by atoms with E-state index in [1.54, 1.807) is 12.3 Å². The van der Waals surface area contributed by atoms with Crippen LogP contribution in [0.15, 0.2) is 12.3 Å². The fourth-order valence-corrected chi connectivity index (χ4v) is 1.52. The number of rotatable bonds is 0. The molecule has 4 heteroatoms. The molecule has 1 aromatic rings. The van der Waals surface area contributed by atoms with Crippen LogP contribution in [0.5, 0.6) is 0 Å². The highest BCUT2D eigenvalue weighted by molar-refractivity contribution is 6.09. The molecule has 0 spiro atoms. The maximum atomic E-state index is 11.5. The summed E-state index contributed by atoms with van der Waals surface area (Å²) < 4.78 is 0. The fourth-order valence-electron chi connectivity index (χ4n) is 1.52. The molecular formula is C9H10N2O2. The zero-order valence-electron chi connectivity index (χ0n) is 7.26. The molecule has 13 heavy (non-hydrogen) atoms. The number of aromatic nitrogens is 1. The van der Waals surface area contributed by atoms with Crippen molar-refractivity contribution in [3.05, 3.63) is 23.5 Å². The predicted octanol–water partition coefficient (Wildman–Crippen LogP) is 0.719. The second-order valence-electron chi connectivity index (χ2n) is 3.27. The summed E-state index contributed by atoms with van der Waals surface area (Å²) in [6, 6.07) is 1.57. The quantitative estimate of drug-likeness (QED) is 0.614. The summed E-state index contributed by atoms with van der Waals surface area (Å²) in [6.45, 7) is 1.82. The van der Waals surface area contributed by atoms with Gasteiger partial charge in [0.05, 0.1) is 0 Å². The van der Waals surface area contributed by atoms with E-state index in [2.05, 4.69) is 10.3 Å². The Morgan fingerprint density at radius 1 is 1.46 bits per heavy atom. The lowest BCUT2D eigenvalue weighted by molar-refractivity contribution is 0.0936. The van der Waals surface area contributed by atoms with E-state index < -0.39 is 0 Å². The number of hydrogen-bond donors (Lipinski definition) is 2. The lowest BCUT2D eigenvalue weighted by Gasteiger charge is -2.06. The highest BCUT2D eigenvalue weighted by Gasteiger charge is 2.25. The molecule has 2 rings (SSSR count). The molecule has 0 saturated carbocycles. The summed E-state index contributed by atoms with van der Waals surface area (Å²) in [6.07, 6.45) is 1.98. The minimum atomic E-state index is -0.196. The maximum Gasteiger partial charge on any atom is 0.268 e. The van der Waals surface area contributed by atoms with Gasteiger partial charge in [0.2, 0.25) is 0 Å². The van der Waals surface area contributed by atoms with Gasteiger partial charge in [0.25, 0.3) is 5.91 Å². The lowest BCUT2D eigenvalue weighted by atomic mass is 10.1. The average Bonchev–Trinajstić information content (AvgIpc) is 2.47. The van der Waals surface area contributed by atoms with Gasteiger partial charge in [-0.25, -0.2) is 0 Å². The number of H-pyrrole nitrogens is 1. The average molecular weight is 178 g/mol. The van der Waals surface area contributed by atoms with Crippen LogP contribution in [0.2, 0.25) is 0 Å². The second-order valence-corrected chi connectivity index (χ2v) is 3.27. The third kappa shape index (κ3) is 1.24. The lowest BCUT2D eigenvalue weighted by Crippen LogP contribution is -2.31. The monoisotopic (exact) mass is 178 g/mol. The van der Waals surface area contributed by atoms with Crippen LogP contribution in [0.25, 0.3) is 0 Å². The number of aromatic amines is 1. The summed E-state index contributed by atoms with van der Waals surface area (Å²) in [7, 11) is 0. The largest absolute Gasteiger partial charge is 0.357 e. The summed E-state index contributed by atoms with van der Waals surface area (Å²) in [5, 5.41) is 2.72. The Kier molecular flexibility index (Phi) is 1.69. The van der Waals surface area contributed by atoms with Crippen molar-refractivity contribution in [3.8, 4) is 0 Å². The Morgan fingerprint density at radius 2 is 2.23 bits per heavy atom. The summed E-state index contributed by atoms with van der Waals surface area (Å²) in [5.41, 5.74) is 0.885. The van der Waals surface area contributed by atoms with E-state index in [9.17, 15) is 9.59 Å². The molecule has 2 N–H and O–H groups in total. The maximum absolute atomic E-state index is 11.5. The molecule has 68 valence electrons. The van der Waals surface area contributed by atoms with Crippen LogP contribution in [-0.2, 0) is 0 Å². The minimum Gasteiger partial charge on any atom is -0.357 e. The highest BCUT2D eigenvalue weighted by atomic mass is 16.2. The zero-order valence-corrected chi connectivity index (χ0v) is 7.26. The SMILES string of the molecule is CC1CC(=O)c2cc[nH]c2C(=O)N1. The van der Waals surface area contributed by atoms with Crippen molar-refractivity contribution < 1.29 is 9.59 Å². The molecule has 2 heterocycles. The van der Waals surface area contributed by atoms with Crippen LogP contribution < -0.4 is 5.32 Å². The third-order valence-corrected chi connectivity index (χ3v) is 2.14. The van der Waals surface area contributed by atoms with Crippen molar-refractivity contribution in [2.45, 2.75) is 19.4 Å². The molecule has 1 unspecified atom stereocenters. The topological polar surface area (TPSA) is 62.0 Å². The van der Waals surface area contributed by atoms with Gasteiger partial charge in [-0.15, -0.1) is 0 Å². The number of nitrogens with one attached hydrogen (secondary N) is 2. The van der Waals surface area contributed by atoms with Crippen molar-refractivity contribution in [2.24, 2.45) is 0 Å². The van der Waals surface area contributed by atoms with E-state index in [1.165, 1.54) is 0 Å². The Hall–Kier alpha value is -1.58. The number of carbonyl (C=O) groups excluding carboxylic acids is 2. The van der Waals surface area contributed by atoms with E-state index in [4.69, 9.17) is 0 Å². The molecular weight excluding hydrogens is 168 g/mol. The summed E-state index contributed by atoms with van der Waals surface area (Å²) in [5.74, 6) is -0.180. The number of amides is 1. The second kappa shape index (κ2) is 2.73. The zero-order chi connectivity index (χ0) is 9.42. The molecule has 1 aliphatic heterocycles. The minimum absolute atomic E-state index is 0.0158. The Labute approximate surface area is 75.3 Å². The van der Waals surface area contributed by atoms with Gasteiger partial charge in [-0.1, -0.05) is 0 Å². The number of carbonyl (C=O) groups is 2. The van der Waals surface area contributed by atoms with Crippen molar-refractivity contribution in [1.82, 2.24) is 10.3 Å². The van der Waals surface area contributed by atoms with Gasteiger partial charge in [0.15, 0.2) is 5.78 Å². The number of hydrogen-bond acceptors (Lipinski definition) is 2. The molecule has 0 aliphatic carbocycles. The van der Waals surface area contributed by atoms with Gasteiger partial charge in [0.1, 0.15) is 5.69 Å². The van der Waals surface area contributed by atoms with Gasteiger partial charge in [-0.3, -0.25) is 9.59 Å². The molecule has 0 bridgehead atoms. The summed E-state index contributed by atoms with van der Waals surface area (Å²) in [4.78, 5) is 25.7. The molecule has 0 fully saturated rings. The number of ketones is 1. The van der Waals surface area contributed by atoms with Crippen molar-refractivity contribution in [1.29, 1.82) is 0 Å². The molecule has 0 radical (unpaired) electrons. The first-order chi connectivity index (χ1) is 6.18. The highest BCUT2D eigenvalue weighted by Crippen LogP contribution is 2.14. The van der Waals surface area contributed by atoms with Crippen molar-refractivity contribution in [3.63, 3.8) is 0 Å². The third-order valence-electron chi connectivity index (χ3n) is 2.14. The van der Waals surface area contributed by atoms with Crippen LogP contribution in [-0.4, -0.2) is 22.7 Å². The first-order valence-corrected chi connectivity index (χ1v) is 4.20. The number of fused-ring (bicyclic) bond motifs is 1. The van der Waals surface area contributed by atoms with Gasteiger partial charge >= 0.3 is 0 Å². The Bertz CT molecular complexity index is 335. The molecule has 1 aromatic heterocycles. The van der Waals surface area contributed by atoms with Gasteiger partial charge < -0.3 is 10.3 Å². The van der Waals surface area contributed by atoms with E-state index in [0.29, 0.717) is 17.7 Å². The van der Waals surface area contributed by atoms with Crippen LogP contribution in [0, 0.1) is 0 Å². The normalized spacial score (nSPS) is 22.1. The number of Topliss-reactive ketones (excluding diaryl/α,β-unsaturated/α-hetero) is 1. The molecule has 1 aliphatic rings. The van der Waals surface area contributed by atoms with Crippen LogP contribution in [0.1, 0.15) is 34.2 Å². The van der Waals surface area contributed by atoms with E-state index in [0.717, 1.165) is 0 Å². The Morgan fingerprint density at radius 3 is 3.00 bits per heavy atom. The van der Waals surface area contributed by atoms with Gasteiger partial charge in [0, 0.05) is 24.2 Å². The molecule has 4 nitrogen and oxygen atoms in total. The Balaban J connectivity index is 2.48. The smallest absolute Gasteiger partial charge is 0.268 e. The fraction of sp³-hybridized carbons (Fsp3) is 0.333. The molecule has 0 aromatic carbocycles. The van der Waals surface area contributed by atoms with Crippen molar-refractivity contribution >= 4 is 11.7 Å². The van der Waals surface area contributed by atoms with E-state index >= 15 is 0 Å². The standard InChI is InChI=1S/C9H10N2O2/c1-5-4-7(12)6-2-3-10-8(6)9(13)11-5/h2-3,5,10H,4H2,1H3,(H,11,13). The molecule has 0 saturated heterocycles. The van der Waals surface area contributed by atoms with Crippen LogP contribution in [0.3, 0.4) is 0 Å². The molecule has 1 amide bonds. The van der Waals surface area contributed by atoms with E-state index in [1.807, 2.05) is 6.92 Å². The van der Waals surface area contributed by atoms with Gasteiger partial charge in [-0.05, 0) is 13.0 Å².